The maximum atomic E-state index is 12.1. The minimum Gasteiger partial charge on any atom is -0.465 e. The van der Waals surface area contributed by atoms with Crippen molar-refractivity contribution in [2.75, 3.05) is 7.11 Å². The first-order valence-electron chi connectivity index (χ1n) is 10.9. The van der Waals surface area contributed by atoms with Gasteiger partial charge in [0.1, 0.15) is 0 Å². The quantitative estimate of drug-likeness (QED) is 0.335. The van der Waals surface area contributed by atoms with Crippen molar-refractivity contribution in [1.29, 1.82) is 0 Å². The molecule has 0 spiro atoms. The number of nitrogens with one attached hydrogen (secondary N) is 1. The van der Waals surface area contributed by atoms with E-state index in [4.69, 9.17) is 17.0 Å². The third-order valence-corrected chi connectivity index (χ3v) is 6.28. The number of ether oxygens (including phenoxy) is 1. The SMILES string of the molecule is COC(=O)c1cccc(-n2cccc2C2C(c3ccccn3)NC(=S)N2Cc2ccncc2)c1. The molecule has 0 bridgehead atoms. The largest absolute Gasteiger partial charge is 0.465 e. The summed E-state index contributed by atoms with van der Waals surface area (Å²) in [5.74, 6) is -0.370. The fraction of sp³-hybridized carbons (Fsp3) is 0.154. The van der Waals surface area contributed by atoms with Gasteiger partial charge in [-0.15, -0.1) is 0 Å². The van der Waals surface area contributed by atoms with E-state index in [0.717, 1.165) is 22.6 Å². The Morgan fingerprint density at radius 2 is 1.91 bits per heavy atom. The van der Waals surface area contributed by atoms with Crippen LogP contribution in [0.25, 0.3) is 5.69 Å². The zero-order valence-electron chi connectivity index (χ0n) is 18.5. The maximum absolute atomic E-state index is 12.1. The summed E-state index contributed by atoms with van der Waals surface area (Å²) in [5.41, 5.74) is 4.40. The lowest BCUT2D eigenvalue weighted by atomic mass is 10.0. The molecule has 7 nitrogen and oxygen atoms in total. The predicted octanol–water partition coefficient (Wildman–Crippen LogP) is 4.23. The first-order chi connectivity index (χ1) is 16.7. The minimum absolute atomic E-state index is 0.132. The summed E-state index contributed by atoms with van der Waals surface area (Å²) in [7, 11) is 1.38. The fourth-order valence-corrected chi connectivity index (χ4v) is 4.66. The molecule has 5 rings (SSSR count). The smallest absolute Gasteiger partial charge is 0.337 e. The van der Waals surface area contributed by atoms with Crippen molar-refractivity contribution < 1.29 is 9.53 Å². The molecule has 170 valence electrons. The number of carbonyl (C=O) groups is 1. The Labute approximate surface area is 203 Å². The Bertz CT molecular complexity index is 1310. The molecule has 1 saturated heterocycles. The van der Waals surface area contributed by atoms with Crippen molar-refractivity contribution in [3.63, 3.8) is 0 Å². The first kappa shape index (κ1) is 21.8. The predicted molar refractivity (Wildman–Crippen MR) is 132 cm³/mol. The van der Waals surface area contributed by atoms with Crippen LogP contribution in [0.3, 0.4) is 0 Å². The lowest BCUT2D eigenvalue weighted by Crippen LogP contribution is -2.30. The van der Waals surface area contributed by atoms with Gasteiger partial charge in [-0.2, -0.15) is 0 Å². The molecule has 4 heterocycles. The van der Waals surface area contributed by atoms with Crippen molar-refractivity contribution in [2.45, 2.75) is 18.6 Å². The highest BCUT2D eigenvalue weighted by atomic mass is 32.1. The molecule has 0 aliphatic carbocycles. The zero-order valence-corrected chi connectivity index (χ0v) is 19.4. The Balaban J connectivity index is 1.59. The maximum Gasteiger partial charge on any atom is 0.337 e. The number of methoxy groups -OCH3 is 1. The molecule has 34 heavy (non-hydrogen) atoms. The highest BCUT2D eigenvalue weighted by Gasteiger charge is 2.41. The highest BCUT2D eigenvalue weighted by Crippen LogP contribution is 2.40. The van der Waals surface area contributed by atoms with Gasteiger partial charge in [-0.25, -0.2) is 4.79 Å². The van der Waals surface area contributed by atoms with E-state index in [-0.39, 0.29) is 18.1 Å². The van der Waals surface area contributed by atoms with Gasteiger partial charge in [0, 0.05) is 42.7 Å². The van der Waals surface area contributed by atoms with E-state index in [1.807, 2.05) is 60.8 Å². The topological polar surface area (TPSA) is 72.3 Å². The average Bonchev–Trinajstić information content (AvgIpc) is 3.49. The zero-order chi connectivity index (χ0) is 23.5. The van der Waals surface area contributed by atoms with Crippen LogP contribution in [0.5, 0.6) is 0 Å². The monoisotopic (exact) mass is 469 g/mol. The lowest BCUT2D eigenvalue weighted by Gasteiger charge is -2.29. The number of carbonyl (C=O) groups excluding carboxylic acids is 1. The summed E-state index contributed by atoms with van der Waals surface area (Å²) in [6.45, 7) is 0.621. The van der Waals surface area contributed by atoms with Crippen molar-refractivity contribution in [3.8, 4) is 5.69 Å². The van der Waals surface area contributed by atoms with E-state index in [2.05, 4.69) is 30.8 Å². The van der Waals surface area contributed by atoms with Crippen molar-refractivity contribution in [2.24, 2.45) is 0 Å². The number of benzene rings is 1. The number of thiocarbonyl (C=S) groups is 1. The van der Waals surface area contributed by atoms with Crippen LogP contribution in [0.4, 0.5) is 0 Å². The van der Waals surface area contributed by atoms with E-state index < -0.39 is 0 Å². The molecule has 2 atom stereocenters. The number of hydrogen-bond donors (Lipinski definition) is 1. The van der Waals surface area contributed by atoms with Crippen LogP contribution < -0.4 is 5.32 Å². The van der Waals surface area contributed by atoms with Crippen molar-refractivity contribution in [3.05, 3.63) is 114 Å². The Morgan fingerprint density at radius 3 is 2.68 bits per heavy atom. The van der Waals surface area contributed by atoms with Crippen LogP contribution in [0, 0.1) is 0 Å². The molecular weight excluding hydrogens is 446 g/mol. The van der Waals surface area contributed by atoms with E-state index in [0.29, 0.717) is 17.2 Å². The normalized spacial score (nSPS) is 17.4. The van der Waals surface area contributed by atoms with Crippen LogP contribution in [-0.4, -0.2) is 37.6 Å². The van der Waals surface area contributed by atoms with E-state index in [1.165, 1.54) is 7.11 Å². The number of rotatable bonds is 6. The van der Waals surface area contributed by atoms with Gasteiger partial charge < -0.3 is 19.5 Å². The van der Waals surface area contributed by atoms with Crippen LogP contribution >= 0.6 is 12.2 Å². The summed E-state index contributed by atoms with van der Waals surface area (Å²) in [5, 5.41) is 4.15. The average molecular weight is 470 g/mol. The van der Waals surface area contributed by atoms with Gasteiger partial charge in [0.15, 0.2) is 5.11 Å². The standard InChI is InChI=1S/C26H23N5O2S/c1-33-25(32)19-6-4-7-20(16-19)30-15-5-9-22(30)24-23(21-8-2-3-12-28-21)29-26(34)31(24)17-18-10-13-27-14-11-18/h2-16,23-24H,17H2,1H3,(H,29,34). The highest BCUT2D eigenvalue weighted by molar-refractivity contribution is 7.80. The molecule has 0 radical (unpaired) electrons. The second-order valence-corrected chi connectivity index (χ2v) is 8.34. The van der Waals surface area contributed by atoms with Gasteiger partial charge in [-0.3, -0.25) is 9.97 Å². The summed E-state index contributed by atoms with van der Waals surface area (Å²) < 4.78 is 7.00. The molecule has 1 aliphatic heterocycles. The molecule has 2 unspecified atom stereocenters. The second kappa shape index (κ2) is 9.44. The minimum atomic E-state index is -0.370. The van der Waals surface area contributed by atoms with Crippen LogP contribution in [0.1, 0.15) is 39.4 Å². The molecule has 0 saturated carbocycles. The van der Waals surface area contributed by atoms with Gasteiger partial charge in [-0.1, -0.05) is 12.1 Å². The number of nitrogens with zero attached hydrogens (tertiary/aromatic N) is 4. The number of hydrogen-bond acceptors (Lipinski definition) is 5. The molecule has 3 aromatic heterocycles. The number of aromatic nitrogens is 3. The molecule has 8 heteroatoms. The summed E-state index contributed by atoms with van der Waals surface area (Å²) in [6.07, 6.45) is 7.36. The van der Waals surface area contributed by atoms with Gasteiger partial charge in [0.2, 0.25) is 0 Å². The van der Waals surface area contributed by atoms with Crippen molar-refractivity contribution >= 4 is 23.3 Å². The van der Waals surface area contributed by atoms with E-state index in [9.17, 15) is 4.79 Å². The molecule has 1 aromatic carbocycles. The fourth-order valence-electron chi connectivity index (χ4n) is 4.35. The molecule has 0 amide bonds. The lowest BCUT2D eigenvalue weighted by molar-refractivity contribution is 0.0600. The summed E-state index contributed by atoms with van der Waals surface area (Å²) in [4.78, 5) is 23.1. The number of pyridine rings is 2. The molecule has 1 N–H and O–H groups in total. The summed E-state index contributed by atoms with van der Waals surface area (Å²) in [6, 6.07) is 21.1. The van der Waals surface area contributed by atoms with Crippen LogP contribution in [-0.2, 0) is 11.3 Å². The Kier molecular flexibility index (Phi) is 6.05. The molecule has 4 aromatic rings. The van der Waals surface area contributed by atoms with Crippen molar-refractivity contribution in [1.82, 2.24) is 24.8 Å². The first-order valence-corrected chi connectivity index (χ1v) is 11.3. The number of esters is 1. The third kappa shape index (κ3) is 4.15. The van der Waals surface area contributed by atoms with E-state index >= 15 is 0 Å². The van der Waals surface area contributed by atoms with Crippen LogP contribution in [0.2, 0.25) is 0 Å². The molecule has 1 aliphatic rings. The third-order valence-electron chi connectivity index (χ3n) is 5.93. The van der Waals surface area contributed by atoms with Gasteiger partial charge in [0.25, 0.3) is 0 Å². The van der Waals surface area contributed by atoms with Gasteiger partial charge in [0.05, 0.1) is 30.5 Å². The molecule has 1 fully saturated rings. The summed E-state index contributed by atoms with van der Waals surface area (Å²) >= 11 is 5.80. The van der Waals surface area contributed by atoms with E-state index in [1.54, 1.807) is 24.7 Å². The second-order valence-electron chi connectivity index (χ2n) is 7.95. The van der Waals surface area contributed by atoms with Crippen LogP contribution in [0.15, 0.2) is 91.5 Å². The Hall–Kier alpha value is -4.04. The van der Waals surface area contributed by atoms with Gasteiger partial charge in [-0.05, 0) is 72.4 Å². The van der Waals surface area contributed by atoms with Gasteiger partial charge >= 0.3 is 5.97 Å². The molecular formula is C26H23N5O2S. The Morgan fingerprint density at radius 1 is 1.06 bits per heavy atom.